The van der Waals surface area contributed by atoms with Crippen LogP contribution in [0.2, 0.25) is 0 Å². The fourth-order valence-corrected chi connectivity index (χ4v) is 5.53. The molecule has 1 aromatic carbocycles. The Balaban J connectivity index is 1.63. The van der Waals surface area contributed by atoms with Crippen molar-refractivity contribution >= 4 is 17.1 Å². The fraction of sp³-hybridized carbons (Fsp3) is 0.517. The van der Waals surface area contributed by atoms with Crippen molar-refractivity contribution in [1.29, 1.82) is 0 Å². The van der Waals surface area contributed by atoms with Gasteiger partial charge in [-0.25, -0.2) is 14.3 Å². The number of rotatable bonds is 3. The molecule has 7 nitrogen and oxygen atoms in total. The van der Waals surface area contributed by atoms with Gasteiger partial charge in [-0.2, -0.15) is 13.2 Å². The van der Waals surface area contributed by atoms with Crippen LogP contribution in [0.1, 0.15) is 67.8 Å². The monoisotopic (exact) mass is 545 g/mol. The predicted molar refractivity (Wildman–Crippen MR) is 141 cm³/mol. The van der Waals surface area contributed by atoms with E-state index >= 15 is 0 Å². The number of nitrogens with zero attached hydrogens (tertiary/aromatic N) is 2. The standard InChI is InChI=1S/C29H34F3N3O4/c1-17-11-19(12-22(24-16-38-10-7-33-24)25(17)18-5-8-37-9-6-18)20-13-21-23(29(30,31)32)15-35(26(21)34-14-20)27(36)39-28(2,3)4/h11-15,18,24,33H,5-10,16H2,1-4H3. The summed E-state index contributed by atoms with van der Waals surface area (Å²) in [5, 5.41) is 3.38. The number of nitrogens with one attached hydrogen (secondary N) is 1. The number of aryl methyl sites for hydroxylation is 1. The molecule has 2 fully saturated rings. The number of hydrogen-bond donors (Lipinski definition) is 1. The molecule has 1 N–H and O–H groups in total. The lowest BCUT2D eigenvalue weighted by atomic mass is 9.81. The van der Waals surface area contributed by atoms with E-state index in [9.17, 15) is 18.0 Å². The number of morpholine rings is 1. The van der Waals surface area contributed by atoms with Crippen LogP contribution < -0.4 is 5.32 Å². The second kappa shape index (κ2) is 10.6. The van der Waals surface area contributed by atoms with Gasteiger partial charge >= 0.3 is 12.3 Å². The molecule has 0 spiro atoms. The van der Waals surface area contributed by atoms with E-state index in [1.807, 2.05) is 19.1 Å². The molecule has 39 heavy (non-hydrogen) atoms. The molecule has 0 radical (unpaired) electrons. The van der Waals surface area contributed by atoms with Crippen LogP contribution in [0.4, 0.5) is 18.0 Å². The van der Waals surface area contributed by atoms with Gasteiger partial charge in [-0.3, -0.25) is 0 Å². The first-order valence-corrected chi connectivity index (χ1v) is 13.3. The average molecular weight is 546 g/mol. The molecule has 0 saturated carbocycles. The van der Waals surface area contributed by atoms with Crippen molar-refractivity contribution in [1.82, 2.24) is 14.9 Å². The molecule has 2 aromatic heterocycles. The molecule has 3 aromatic rings. The highest BCUT2D eigenvalue weighted by Gasteiger charge is 2.37. The van der Waals surface area contributed by atoms with Gasteiger partial charge in [0.25, 0.3) is 0 Å². The number of alkyl halides is 3. The molecule has 0 bridgehead atoms. The molecular weight excluding hydrogens is 511 g/mol. The van der Waals surface area contributed by atoms with Gasteiger partial charge in [-0.15, -0.1) is 0 Å². The van der Waals surface area contributed by atoms with Crippen LogP contribution in [-0.2, 0) is 20.4 Å². The lowest BCUT2D eigenvalue weighted by Crippen LogP contribution is -2.35. The first-order valence-electron chi connectivity index (χ1n) is 13.3. The van der Waals surface area contributed by atoms with Crippen molar-refractivity contribution in [3.63, 3.8) is 0 Å². The normalized spacial score (nSPS) is 19.4. The Kier molecular flexibility index (Phi) is 7.47. The Morgan fingerprint density at radius 2 is 1.82 bits per heavy atom. The third-order valence-corrected chi connectivity index (χ3v) is 7.22. The second-order valence-corrected chi connectivity index (χ2v) is 11.3. The highest BCUT2D eigenvalue weighted by Crippen LogP contribution is 2.40. The summed E-state index contributed by atoms with van der Waals surface area (Å²) in [6.07, 6.45) is -1.47. The van der Waals surface area contributed by atoms with Gasteiger partial charge < -0.3 is 19.5 Å². The number of carbonyl (C=O) groups is 1. The van der Waals surface area contributed by atoms with Crippen LogP contribution >= 0.6 is 0 Å². The number of benzene rings is 1. The van der Waals surface area contributed by atoms with Crippen molar-refractivity contribution < 1.29 is 32.2 Å². The van der Waals surface area contributed by atoms with Gasteiger partial charge in [0.15, 0.2) is 0 Å². The Morgan fingerprint density at radius 1 is 1.08 bits per heavy atom. The summed E-state index contributed by atoms with van der Waals surface area (Å²) < 4.78 is 59.7. The predicted octanol–water partition coefficient (Wildman–Crippen LogP) is 6.37. The molecule has 10 heteroatoms. The minimum absolute atomic E-state index is 0.0223. The van der Waals surface area contributed by atoms with Crippen molar-refractivity contribution in [3.05, 3.63) is 52.8 Å². The van der Waals surface area contributed by atoms with Crippen LogP contribution in [0.3, 0.4) is 0 Å². The van der Waals surface area contributed by atoms with E-state index in [1.54, 1.807) is 20.8 Å². The molecule has 2 aliphatic rings. The molecule has 1 unspecified atom stereocenters. The Bertz CT molecular complexity index is 1360. The summed E-state index contributed by atoms with van der Waals surface area (Å²) in [5.41, 5.74) is 2.82. The first kappa shape index (κ1) is 27.6. The van der Waals surface area contributed by atoms with E-state index in [1.165, 1.54) is 17.8 Å². The average Bonchev–Trinajstić information content (AvgIpc) is 3.28. The highest BCUT2D eigenvalue weighted by molar-refractivity contribution is 5.92. The van der Waals surface area contributed by atoms with E-state index in [4.69, 9.17) is 14.2 Å². The molecular formula is C29H34F3N3O4. The topological polar surface area (TPSA) is 74.6 Å². The Morgan fingerprint density at radius 3 is 2.46 bits per heavy atom. The van der Waals surface area contributed by atoms with Gasteiger partial charge in [-0.1, -0.05) is 6.07 Å². The largest absolute Gasteiger partial charge is 0.443 e. The van der Waals surface area contributed by atoms with Crippen molar-refractivity contribution in [2.24, 2.45) is 0 Å². The quantitative estimate of drug-likeness (QED) is 0.412. The number of carbonyl (C=O) groups excluding carboxylic acids is 1. The van der Waals surface area contributed by atoms with Crippen molar-refractivity contribution in [3.8, 4) is 11.1 Å². The zero-order valence-electron chi connectivity index (χ0n) is 22.7. The van der Waals surface area contributed by atoms with E-state index in [2.05, 4.69) is 10.3 Å². The van der Waals surface area contributed by atoms with Crippen LogP contribution in [0.15, 0.2) is 30.6 Å². The highest BCUT2D eigenvalue weighted by atomic mass is 19.4. The van der Waals surface area contributed by atoms with E-state index < -0.39 is 23.4 Å². The van der Waals surface area contributed by atoms with Crippen LogP contribution in [0, 0.1) is 6.92 Å². The lowest BCUT2D eigenvalue weighted by molar-refractivity contribution is -0.136. The summed E-state index contributed by atoms with van der Waals surface area (Å²) in [6.45, 7) is 10.3. The lowest BCUT2D eigenvalue weighted by Gasteiger charge is -2.32. The Labute approximate surface area is 225 Å². The van der Waals surface area contributed by atoms with Gasteiger partial charge in [0.05, 0.1) is 24.8 Å². The zero-order chi connectivity index (χ0) is 27.9. The maximum Gasteiger partial charge on any atom is 0.420 e. The third-order valence-electron chi connectivity index (χ3n) is 7.22. The van der Waals surface area contributed by atoms with E-state index in [-0.39, 0.29) is 17.1 Å². The number of aromatic nitrogens is 2. The number of ether oxygens (including phenoxy) is 3. The van der Waals surface area contributed by atoms with Gasteiger partial charge in [0, 0.05) is 43.1 Å². The van der Waals surface area contributed by atoms with Gasteiger partial charge in [0.1, 0.15) is 11.2 Å². The molecule has 5 rings (SSSR count). The Hall–Kier alpha value is -2.95. The van der Waals surface area contributed by atoms with Gasteiger partial charge in [0.2, 0.25) is 0 Å². The summed E-state index contributed by atoms with van der Waals surface area (Å²) in [5.74, 6) is 0.340. The maximum absolute atomic E-state index is 14.1. The molecule has 1 atom stereocenters. The number of hydrogen-bond acceptors (Lipinski definition) is 6. The van der Waals surface area contributed by atoms with Crippen molar-refractivity contribution in [2.75, 3.05) is 33.0 Å². The fourth-order valence-electron chi connectivity index (χ4n) is 5.53. The van der Waals surface area contributed by atoms with Crippen molar-refractivity contribution in [2.45, 2.75) is 64.3 Å². The second-order valence-electron chi connectivity index (χ2n) is 11.3. The van der Waals surface area contributed by atoms with Crippen LogP contribution in [-0.4, -0.2) is 54.2 Å². The van der Waals surface area contributed by atoms with Gasteiger partial charge in [-0.05, 0) is 80.8 Å². The number of pyridine rings is 1. The molecule has 4 heterocycles. The van der Waals surface area contributed by atoms with Crippen LogP contribution in [0.5, 0.6) is 0 Å². The zero-order valence-corrected chi connectivity index (χ0v) is 22.7. The number of fused-ring (bicyclic) bond motifs is 1. The van der Waals surface area contributed by atoms with E-state index in [0.29, 0.717) is 37.9 Å². The molecule has 2 saturated heterocycles. The number of halogens is 3. The maximum atomic E-state index is 14.1. The third kappa shape index (κ3) is 5.83. The molecule has 0 amide bonds. The first-order chi connectivity index (χ1) is 18.4. The summed E-state index contributed by atoms with van der Waals surface area (Å²) in [4.78, 5) is 17.1. The minimum Gasteiger partial charge on any atom is -0.443 e. The smallest absolute Gasteiger partial charge is 0.420 e. The molecule has 210 valence electrons. The molecule has 2 aliphatic heterocycles. The SMILES string of the molecule is Cc1cc(-c2cnc3c(c2)c(C(F)(F)F)cn3C(=O)OC(C)(C)C)cc(C2COCCN2)c1C1CCOCC1. The van der Waals surface area contributed by atoms with Crippen LogP contribution in [0.25, 0.3) is 22.2 Å². The van der Waals surface area contributed by atoms with E-state index in [0.717, 1.165) is 46.8 Å². The molecule has 0 aliphatic carbocycles. The summed E-state index contributed by atoms with van der Waals surface area (Å²) >= 11 is 0. The summed E-state index contributed by atoms with van der Waals surface area (Å²) in [6, 6.07) is 5.50. The minimum atomic E-state index is -4.68. The summed E-state index contributed by atoms with van der Waals surface area (Å²) in [7, 11) is 0.